The van der Waals surface area contributed by atoms with E-state index in [1.807, 2.05) is 0 Å². The molecule has 0 aliphatic carbocycles. The summed E-state index contributed by atoms with van der Waals surface area (Å²) in [6.45, 7) is 6.93. The van der Waals surface area contributed by atoms with Gasteiger partial charge in [0, 0.05) is 6.07 Å². The molecule has 31 heavy (non-hydrogen) atoms. The molecule has 3 rings (SSSR count). The molecule has 0 aliphatic rings. The van der Waals surface area contributed by atoms with Crippen LogP contribution in [0, 0.1) is 13.8 Å². The number of ether oxygens (including phenoxy) is 2. The van der Waals surface area contributed by atoms with E-state index >= 15 is 0 Å². The van der Waals surface area contributed by atoms with Gasteiger partial charge in [0.25, 0.3) is 5.91 Å². The van der Waals surface area contributed by atoms with Gasteiger partial charge in [-0.2, -0.15) is 0 Å². The number of rotatable bonds is 6. The highest BCUT2D eigenvalue weighted by atomic mass is 32.1. The second-order valence-electron chi connectivity index (χ2n) is 6.58. The summed E-state index contributed by atoms with van der Waals surface area (Å²) in [4.78, 5) is 50.2. The summed E-state index contributed by atoms with van der Waals surface area (Å²) in [7, 11) is 0. The number of anilines is 1. The third-order valence-corrected chi connectivity index (χ3v) is 5.68. The topological polar surface area (TPSA) is 112 Å². The first kappa shape index (κ1) is 22.2. The zero-order chi connectivity index (χ0) is 22.7. The number of carbonyl (C=O) groups excluding carboxylic acids is 3. The molecule has 0 bridgehead atoms. The van der Waals surface area contributed by atoms with Crippen LogP contribution in [0.15, 0.2) is 33.5 Å². The van der Waals surface area contributed by atoms with Crippen LogP contribution in [0.2, 0.25) is 0 Å². The molecule has 2 heterocycles. The van der Waals surface area contributed by atoms with Crippen molar-refractivity contribution in [1.29, 1.82) is 0 Å². The Hall–Kier alpha value is -3.46. The van der Waals surface area contributed by atoms with Gasteiger partial charge in [0.2, 0.25) is 0 Å². The predicted octanol–water partition coefficient (Wildman–Crippen LogP) is 4.08. The van der Waals surface area contributed by atoms with Crippen molar-refractivity contribution in [3.05, 3.63) is 61.8 Å². The van der Waals surface area contributed by atoms with Gasteiger partial charge in [-0.15, -0.1) is 11.3 Å². The maximum Gasteiger partial charge on any atom is 0.348 e. The molecule has 1 aromatic carbocycles. The van der Waals surface area contributed by atoms with E-state index in [0.717, 1.165) is 17.4 Å². The molecular weight excluding hydrogens is 422 g/mol. The highest BCUT2D eigenvalue weighted by Crippen LogP contribution is 2.34. The molecule has 0 aliphatic heterocycles. The molecular formula is C22H21NO7S. The van der Waals surface area contributed by atoms with Gasteiger partial charge in [-0.05, 0) is 44.9 Å². The molecule has 0 radical (unpaired) electrons. The maximum absolute atomic E-state index is 12.9. The Kier molecular flexibility index (Phi) is 6.55. The number of fused-ring (bicyclic) bond motifs is 1. The maximum atomic E-state index is 12.9. The van der Waals surface area contributed by atoms with E-state index in [1.54, 1.807) is 45.9 Å². The molecule has 0 saturated carbocycles. The predicted molar refractivity (Wildman–Crippen MR) is 116 cm³/mol. The van der Waals surface area contributed by atoms with Crippen LogP contribution >= 0.6 is 11.3 Å². The van der Waals surface area contributed by atoms with Crippen LogP contribution < -0.4 is 10.7 Å². The highest BCUT2D eigenvalue weighted by Gasteiger charge is 2.28. The number of carbonyl (C=O) groups is 3. The SMILES string of the molecule is CCOC(=O)c1sc(NC(=O)c2cc(=O)c3cccc(C)c3o2)c(C(=O)OCC)c1C. The van der Waals surface area contributed by atoms with Crippen molar-refractivity contribution in [2.45, 2.75) is 27.7 Å². The number of amides is 1. The number of benzene rings is 1. The minimum atomic E-state index is -0.732. The average Bonchev–Trinajstić information content (AvgIpc) is 3.05. The van der Waals surface area contributed by atoms with E-state index in [1.165, 1.54) is 0 Å². The largest absolute Gasteiger partial charge is 0.462 e. The smallest absolute Gasteiger partial charge is 0.348 e. The summed E-state index contributed by atoms with van der Waals surface area (Å²) < 4.78 is 15.8. The van der Waals surface area contributed by atoms with Gasteiger partial charge in [0.1, 0.15) is 15.5 Å². The van der Waals surface area contributed by atoms with Crippen LogP contribution in [0.25, 0.3) is 11.0 Å². The Bertz CT molecular complexity index is 1240. The van der Waals surface area contributed by atoms with Crippen molar-refractivity contribution in [1.82, 2.24) is 0 Å². The van der Waals surface area contributed by atoms with Gasteiger partial charge < -0.3 is 19.2 Å². The third kappa shape index (κ3) is 4.36. The molecule has 0 spiro atoms. The van der Waals surface area contributed by atoms with Crippen molar-refractivity contribution in [2.75, 3.05) is 18.5 Å². The van der Waals surface area contributed by atoms with Crippen LogP contribution in [0.5, 0.6) is 0 Å². The summed E-state index contributed by atoms with van der Waals surface area (Å²) >= 11 is 0.895. The Morgan fingerprint density at radius 1 is 1.06 bits per heavy atom. The van der Waals surface area contributed by atoms with Crippen molar-refractivity contribution in [3.63, 3.8) is 0 Å². The van der Waals surface area contributed by atoms with E-state index < -0.39 is 17.8 Å². The fourth-order valence-corrected chi connectivity index (χ4v) is 4.12. The Morgan fingerprint density at radius 3 is 2.42 bits per heavy atom. The minimum Gasteiger partial charge on any atom is -0.462 e. The quantitative estimate of drug-likeness (QED) is 0.571. The summed E-state index contributed by atoms with van der Waals surface area (Å²) in [6, 6.07) is 6.20. The Morgan fingerprint density at radius 2 is 1.74 bits per heavy atom. The zero-order valence-electron chi connectivity index (χ0n) is 17.5. The van der Waals surface area contributed by atoms with Crippen LogP contribution in [-0.4, -0.2) is 31.1 Å². The Labute approximate surface area is 181 Å². The first-order valence-electron chi connectivity index (χ1n) is 9.60. The number of hydrogen-bond donors (Lipinski definition) is 1. The molecule has 1 N–H and O–H groups in total. The number of aryl methyl sites for hydroxylation is 1. The fraction of sp³-hybridized carbons (Fsp3) is 0.273. The molecule has 162 valence electrons. The summed E-state index contributed by atoms with van der Waals surface area (Å²) in [5.41, 5.74) is 1.04. The Balaban J connectivity index is 2.04. The molecule has 0 saturated heterocycles. The van der Waals surface area contributed by atoms with Gasteiger partial charge >= 0.3 is 11.9 Å². The molecule has 1 amide bonds. The molecule has 0 fully saturated rings. The lowest BCUT2D eigenvalue weighted by Gasteiger charge is -2.08. The molecule has 3 aromatic rings. The number of hydrogen-bond acceptors (Lipinski definition) is 8. The number of para-hydroxylation sites is 1. The lowest BCUT2D eigenvalue weighted by atomic mass is 10.1. The van der Waals surface area contributed by atoms with Crippen LogP contribution in [-0.2, 0) is 9.47 Å². The van der Waals surface area contributed by atoms with Crippen molar-refractivity contribution in [2.24, 2.45) is 0 Å². The molecule has 9 heteroatoms. The first-order valence-corrected chi connectivity index (χ1v) is 10.4. The third-order valence-electron chi connectivity index (χ3n) is 4.49. The van der Waals surface area contributed by atoms with Gasteiger partial charge in [-0.25, -0.2) is 9.59 Å². The van der Waals surface area contributed by atoms with Crippen LogP contribution in [0.3, 0.4) is 0 Å². The minimum absolute atomic E-state index is 0.0579. The molecule has 8 nitrogen and oxygen atoms in total. The number of thiophene rings is 1. The van der Waals surface area contributed by atoms with E-state index in [-0.39, 0.29) is 39.8 Å². The lowest BCUT2D eigenvalue weighted by molar-refractivity contribution is 0.0527. The number of nitrogens with one attached hydrogen (secondary N) is 1. The molecule has 0 unspecified atom stereocenters. The first-order chi connectivity index (χ1) is 14.8. The van der Waals surface area contributed by atoms with Gasteiger partial charge in [0.05, 0.1) is 24.2 Å². The summed E-state index contributed by atoms with van der Waals surface area (Å²) in [5.74, 6) is -2.24. The van der Waals surface area contributed by atoms with Gasteiger partial charge in [-0.3, -0.25) is 9.59 Å². The standard InChI is InChI=1S/C22H21NO7S/c1-5-28-21(26)16-12(4)18(22(27)29-6-2)31-20(16)23-19(25)15-10-14(24)13-9-7-8-11(3)17(13)30-15/h7-10H,5-6H2,1-4H3,(H,23,25). The lowest BCUT2D eigenvalue weighted by Crippen LogP contribution is -2.17. The second-order valence-corrected chi connectivity index (χ2v) is 7.60. The monoisotopic (exact) mass is 443 g/mol. The zero-order valence-corrected chi connectivity index (χ0v) is 18.3. The van der Waals surface area contributed by atoms with E-state index in [4.69, 9.17) is 13.9 Å². The fourth-order valence-electron chi connectivity index (χ4n) is 3.04. The summed E-state index contributed by atoms with van der Waals surface area (Å²) in [5, 5.41) is 3.04. The second kappa shape index (κ2) is 9.13. The van der Waals surface area contributed by atoms with Crippen molar-refractivity contribution >= 4 is 45.2 Å². The van der Waals surface area contributed by atoms with Crippen LogP contribution in [0.4, 0.5) is 5.00 Å². The normalized spacial score (nSPS) is 10.7. The van der Waals surface area contributed by atoms with Crippen molar-refractivity contribution in [3.8, 4) is 0 Å². The number of esters is 2. The van der Waals surface area contributed by atoms with Crippen molar-refractivity contribution < 1.29 is 28.3 Å². The van der Waals surface area contributed by atoms with E-state index in [2.05, 4.69) is 5.32 Å². The van der Waals surface area contributed by atoms with E-state index in [9.17, 15) is 19.2 Å². The van der Waals surface area contributed by atoms with Gasteiger partial charge in [-0.1, -0.05) is 12.1 Å². The highest BCUT2D eigenvalue weighted by molar-refractivity contribution is 7.18. The summed E-state index contributed by atoms with van der Waals surface area (Å²) in [6.07, 6.45) is 0. The average molecular weight is 443 g/mol. The molecule has 2 aromatic heterocycles. The van der Waals surface area contributed by atoms with Gasteiger partial charge in [0.15, 0.2) is 11.2 Å². The van der Waals surface area contributed by atoms with Crippen LogP contribution in [0.1, 0.15) is 55.6 Å². The van der Waals surface area contributed by atoms with E-state index in [0.29, 0.717) is 22.1 Å². The molecule has 0 atom stereocenters.